The topological polar surface area (TPSA) is 0 Å². The van der Waals surface area contributed by atoms with Crippen LogP contribution in [0.25, 0.3) is 0 Å². The Hall–Kier alpha value is -0.780. The molecule has 0 heteroatoms. The van der Waals surface area contributed by atoms with Gasteiger partial charge in [0, 0.05) is 0 Å². The molecule has 0 radical (unpaired) electrons. The second-order valence-corrected chi connectivity index (χ2v) is 8.71. The first kappa shape index (κ1) is 17.3. The minimum Gasteiger partial charge on any atom is -0.0620 e. The highest BCUT2D eigenvalue weighted by atomic mass is 14.2. The van der Waals surface area contributed by atoms with Gasteiger partial charge >= 0.3 is 0 Å². The second kappa shape index (κ2) is 6.78. The molecule has 0 aromatic heterocycles. The van der Waals surface area contributed by atoms with Crippen molar-refractivity contribution in [2.24, 2.45) is 16.7 Å². The molecule has 1 atom stereocenters. The molecule has 20 heavy (non-hydrogen) atoms. The monoisotopic (exact) mass is 274 g/mol. The van der Waals surface area contributed by atoms with Crippen molar-refractivity contribution in [1.29, 1.82) is 0 Å². The lowest BCUT2D eigenvalue weighted by Crippen LogP contribution is -2.17. The first-order valence-corrected chi connectivity index (χ1v) is 8.16. The SMILES string of the molecule is C[C@@H](CCCc1ccc(CC(C)(C)C)cc1)C(C)(C)C. The lowest BCUT2D eigenvalue weighted by Gasteiger charge is -2.27. The molecule has 0 aliphatic carbocycles. The zero-order chi connectivity index (χ0) is 15.4. The van der Waals surface area contributed by atoms with Gasteiger partial charge < -0.3 is 0 Å². The Balaban J connectivity index is 2.43. The van der Waals surface area contributed by atoms with Gasteiger partial charge in [0.2, 0.25) is 0 Å². The lowest BCUT2D eigenvalue weighted by atomic mass is 9.79. The van der Waals surface area contributed by atoms with E-state index in [0.717, 1.165) is 12.3 Å². The minimum atomic E-state index is 0.379. The number of hydrogen-bond donors (Lipinski definition) is 0. The van der Waals surface area contributed by atoms with E-state index in [1.165, 1.54) is 30.4 Å². The van der Waals surface area contributed by atoms with E-state index in [1.54, 1.807) is 0 Å². The summed E-state index contributed by atoms with van der Waals surface area (Å²) in [5, 5.41) is 0. The molecule has 0 saturated carbocycles. The van der Waals surface area contributed by atoms with Gasteiger partial charge in [0.15, 0.2) is 0 Å². The second-order valence-electron chi connectivity index (χ2n) is 8.71. The molecule has 0 N–H and O–H groups in total. The number of hydrogen-bond acceptors (Lipinski definition) is 0. The Morgan fingerprint density at radius 3 is 1.80 bits per heavy atom. The van der Waals surface area contributed by atoms with Gasteiger partial charge in [-0.2, -0.15) is 0 Å². The van der Waals surface area contributed by atoms with Crippen LogP contribution in [0.3, 0.4) is 0 Å². The zero-order valence-corrected chi connectivity index (χ0v) is 14.7. The van der Waals surface area contributed by atoms with E-state index in [1.807, 2.05) is 0 Å². The summed E-state index contributed by atoms with van der Waals surface area (Å²) in [5.41, 5.74) is 3.77. The average Bonchev–Trinajstić information content (AvgIpc) is 2.28. The average molecular weight is 274 g/mol. The van der Waals surface area contributed by atoms with E-state index >= 15 is 0 Å². The van der Waals surface area contributed by atoms with E-state index in [4.69, 9.17) is 0 Å². The summed E-state index contributed by atoms with van der Waals surface area (Å²) in [6, 6.07) is 9.27. The van der Waals surface area contributed by atoms with Crippen LogP contribution in [-0.2, 0) is 12.8 Å². The predicted molar refractivity (Wildman–Crippen MR) is 91.2 cm³/mol. The van der Waals surface area contributed by atoms with E-state index in [-0.39, 0.29) is 0 Å². The molecule has 1 aromatic carbocycles. The van der Waals surface area contributed by atoms with Crippen molar-refractivity contribution in [3.05, 3.63) is 35.4 Å². The molecule has 114 valence electrons. The molecular formula is C20H34. The Morgan fingerprint density at radius 2 is 1.35 bits per heavy atom. The fourth-order valence-corrected chi connectivity index (χ4v) is 2.48. The molecule has 0 aliphatic rings. The molecule has 0 unspecified atom stereocenters. The van der Waals surface area contributed by atoms with Crippen molar-refractivity contribution in [3.8, 4) is 0 Å². The van der Waals surface area contributed by atoms with Gasteiger partial charge in [-0.3, -0.25) is 0 Å². The molecule has 0 aliphatic heterocycles. The lowest BCUT2D eigenvalue weighted by molar-refractivity contribution is 0.243. The van der Waals surface area contributed by atoms with Crippen LogP contribution in [0.4, 0.5) is 0 Å². The van der Waals surface area contributed by atoms with Gasteiger partial charge in [0.25, 0.3) is 0 Å². The molecule has 0 amide bonds. The van der Waals surface area contributed by atoms with Crippen molar-refractivity contribution in [2.45, 2.75) is 74.1 Å². The van der Waals surface area contributed by atoms with Crippen LogP contribution in [-0.4, -0.2) is 0 Å². The first-order valence-electron chi connectivity index (χ1n) is 8.16. The molecule has 1 rings (SSSR count). The van der Waals surface area contributed by atoms with E-state index < -0.39 is 0 Å². The maximum absolute atomic E-state index is 2.38. The highest BCUT2D eigenvalue weighted by Crippen LogP contribution is 2.29. The van der Waals surface area contributed by atoms with E-state index in [0.29, 0.717) is 10.8 Å². The molecule has 0 spiro atoms. The molecule has 1 aromatic rings. The third kappa shape index (κ3) is 6.59. The van der Waals surface area contributed by atoms with Crippen LogP contribution in [0.1, 0.15) is 72.4 Å². The summed E-state index contributed by atoms with van der Waals surface area (Å²) in [5.74, 6) is 0.794. The smallest absolute Gasteiger partial charge is 0.0230 e. The molecule has 0 saturated heterocycles. The Morgan fingerprint density at radius 1 is 0.850 bits per heavy atom. The molecule has 0 fully saturated rings. The van der Waals surface area contributed by atoms with Crippen LogP contribution < -0.4 is 0 Å². The van der Waals surface area contributed by atoms with Crippen molar-refractivity contribution in [3.63, 3.8) is 0 Å². The molecular weight excluding hydrogens is 240 g/mol. The fourth-order valence-electron chi connectivity index (χ4n) is 2.48. The van der Waals surface area contributed by atoms with Crippen LogP contribution >= 0.6 is 0 Å². The largest absolute Gasteiger partial charge is 0.0620 e. The Labute approximate surface area is 127 Å². The van der Waals surface area contributed by atoms with Gasteiger partial charge in [-0.25, -0.2) is 0 Å². The van der Waals surface area contributed by atoms with Gasteiger partial charge in [0.05, 0.1) is 0 Å². The van der Waals surface area contributed by atoms with Gasteiger partial charge in [-0.1, -0.05) is 72.7 Å². The molecule has 0 nitrogen and oxygen atoms in total. The third-order valence-electron chi connectivity index (χ3n) is 4.34. The fraction of sp³-hybridized carbons (Fsp3) is 0.700. The highest BCUT2D eigenvalue weighted by molar-refractivity contribution is 5.23. The minimum absolute atomic E-state index is 0.379. The standard InChI is InChI=1S/C20H34/c1-16(20(5,6)7)9-8-10-17-11-13-18(14-12-17)15-19(2,3)4/h11-14,16H,8-10,15H2,1-7H3/t16-/m0/s1. The molecule has 0 heterocycles. The van der Waals surface area contributed by atoms with Gasteiger partial charge in [0.1, 0.15) is 0 Å². The van der Waals surface area contributed by atoms with Crippen LogP contribution in [0, 0.1) is 16.7 Å². The summed E-state index contributed by atoms with van der Waals surface area (Å²) < 4.78 is 0. The van der Waals surface area contributed by atoms with Crippen LogP contribution in [0.2, 0.25) is 0 Å². The van der Waals surface area contributed by atoms with Crippen LogP contribution in [0.15, 0.2) is 24.3 Å². The third-order valence-corrected chi connectivity index (χ3v) is 4.34. The summed E-state index contributed by atoms with van der Waals surface area (Å²) in [7, 11) is 0. The van der Waals surface area contributed by atoms with Gasteiger partial charge in [-0.15, -0.1) is 0 Å². The normalized spacial score (nSPS) is 14.3. The van der Waals surface area contributed by atoms with Gasteiger partial charge in [-0.05, 0) is 53.6 Å². The maximum Gasteiger partial charge on any atom is -0.0230 e. The van der Waals surface area contributed by atoms with Crippen molar-refractivity contribution in [2.75, 3.05) is 0 Å². The molecule has 0 bridgehead atoms. The Bertz CT molecular complexity index is 384. The zero-order valence-electron chi connectivity index (χ0n) is 14.7. The van der Waals surface area contributed by atoms with E-state index in [9.17, 15) is 0 Å². The summed E-state index contributed by atoms with van der Waals surface area (Å²) in [4.78, 5) is 0. The van der Waals surface area contributed by atoms with Crippen molar-refractivity contribution in [1.82, 2.24) is 0 Å². The number of aryl methyl sites for hydroxylation is 1. The first-order chi connectivity index (χ1) is 9.08. The van der Waals surface area contributed by atoms with E-state index in [2.05, 4.69) is 72.7 Å². The summed E-state index contributed by atoms with van der Waals surface area (Å²) in [6.07, 6.45) is 5.01. The van der Waals surface area contributed by atoms with Crippen LogP contribution in [0.5, 0.6) is 0 Å². The predicted octanol–water partition coefficient (Wildman–Crippen LogP) is 6.28. The quantitative estimate of drug-likeness (QED) is 0.592. The maximum atomic E-state index is 2.38. The van der Waals surface area contributed by atoms with Crippen molar-refractivity contribution < 1.29 is 0 Å². The number of rotatable bonds is 5. The Kier molecular flexibility index (Phi) is 5.86. The van der Waals surface area contributed by atoms with Crippen molar-refractivity contribution >= 4 is 0 Å². The summed E-state index contributed by atoms with van der Waals surface area (Å²) >= 11 is 0. The summed E-state index contributed by atoms with van der Waals surface area (Å²) in [6.45, 7) is 16.3. The number of benzene rings is 1. The highest BCUT2D eigenvalue weighted by Gasteiger charge is 2.19.